The van der Waals surface area contributed by atoms with Gasteiger partial charge in [0.05, 0.1) is 0 Å². The van der Waals surface area contributed by atoms with Crippen molar-refractivity contribution in [3.05, 3.63) is 46.3 Å². The van der Waals surface area contributed by atoms with E-state index in [1.807, 2.05) is 0 Å². The van der Waals surface area contributed by atoms with E-state index in [9.17, 15) is 14.0 Å². The van der Waals surface area contributed by atoms with Crippen molar-refractivity contribution in [2.75, 3.05) is 0 Å². The van der Waals surface area contributed by atoms with Crippen LogP contribution in [-0.4, -0.2) is 16.9 Å². The number of aryl methyl sites for hydroxylation is 1. The molecule has 1 aliphatic carbocycles. The number of carboxylic acid groups (broad SMARTS) is 1. The number of halogens is 1. The monoisotopic (exact) mass is 262 g/mol. The number of carbonyl (C=O) groups is 2. The van der Waals surface area contributed by atoms with Gasteiger partial charge in [0.1, 0.15) is 5.82 Å². The van der Waals surface area contributed by atoms with E-state index in [-0.39, 0.29) is 16.9 Å². The molecule has 1 aromatic carbocycles. The molecular weight excluding hydrogens is 247 g/mol. The third kappa shape index (κ3) is 2.89. The van der Waals surface area contributed by atoms with E-state index in [0.717, 1.165) is 18.9 Å². The lowest BCUT2D eigenvalue weighted by atomic mass is 9.87. The fourth-order valence-corrected chi connectivity index (χ4v) is 2.43. The van der Waals surface area contributed by atoms with Crippen LogP contribution in [0.1, 0.15) is 41.6 Å². The summed E-state index contributed by atoms with van der Waals surface area (Å²) < 4.78 is 13.3. The molecule has 0 radical (unpaired) electrons. The van der Waals surface area contributed by atoms with Gasteiger partial charge in [-0.2, -0.15) is 0 Å². The van der Waals surface area contributed by atoms with Gasteiger partial charge in [0.15, 0.2) is 5.78 Å². The number of Topliss-reactive ketones (excluding diaryl/α,β-unsaturated/α-hetero) is 1. The Morgan fingerprint density at radius 2 is 1.74 bits per heavy atom. The van der Waals surface area contributed by atoms with Gasteiger partial charge in [0.2, 0.25) is 0 Å². The van der Waals surface area contributed by atoms with Gasteiger partial charge < -0.3 is 5.11 Å². The largest absolute Gasteiger partial charge is 0.478 e. The van der Waals surface area contributed by atoms with E-state index in [1.54, 1.807) is 13.0 Å². The zero-order chi connectivity index (χ0) is 14.0. The molecule has 0 unspecified atom stereocenters. The Bertz CT molecular complexity index is 553. The zero-order valence-electron chi connectivity index (χ0n) is 10.7. The molecule has 0 spiro atoms. The molecule has 1 aliphatic rings. The molecule has 100 valence electrons. The van der Waals surface area contributed by atoms with Gasteiger partial charge in [-0.15, -0.1) is 0 Å². The third-order valence-electron chi connectivity index (χ3n) is 3.30. The maximum Gasteiger partial charge on any atom is 0.331 e. The summed E-state index contributed by atoms with van der Waals surface area (Å²) >= 11 is 0. The van der Waals surface area contributed by atoms with Gasteiger partial charge in [0.25, 0.3) is 0 Å². The molecule has 0 heterocycles. The van der Waals surface area contributed by atoms with E-state index in [0.29, 0.717) is 24.0 Å². The number of ketones is 1. The SMILES string of the molecule is Cc1cc(F)cc(C(=O)C2=C(C(=O)O)CCCC2)c1. The Labute approximate surface area is 110 Å². The minimum atomic E-state index is -1.05. The molecule has 0 atom stereocenters. The minimum absolute atomic E-state index is 0.179. The first-order chi connectivity index (χ1) is 8.99. The summed E-state index contributed by atoms with van der Waals surface area (Å²) in [6, 6.07) is 4.09. The lowest BCUT2D eigenvalue weighted by Gasteiger charge is -2.16. The molecule has 4 heteroatoms. The van der Waals surface area contributed by atoms with Gasteiger partial charge in [-0.25, -0.2) is 9.18 Å². The zero-order valence-corrected chi connectivity index (χ0v) is 10.7. The number of hydrogen-bond donors (Lipinski definition) is 1. The van der Waals surface area contributed by atoms with Crippen molar-refractivity contribution in [2.45, 2.75) is 32.6 Å². The Morgan fingerprint density at radius 1 is 1.11 bits per heavy atom. The predicted octanol–water partition coefficient (Wildman–Crippen LogP) is 3.27. The van der Waals surface area contributed by atoms with Crippen molar-refractivity contribution in [1.29, 1.82) is 0 Å². The molecule has 2 rings (SSSR count). The van der Waals surface area contributed by atoms with Crippen LogP contribution < -0.4 is 0 Å². The fraction of sp³-hybridized carbons (Fsp3) is 0.333. The first-order valence-electron chi connectivity index (χ1n) is 6.26. The number of allylic oxidation sites excluding steroid dienone is 1. The van der Waals surface area contributed by atoms with Crippen molar-refractivity contribution in [2.24, 2.45) is 0 Å². The summed E-state index contributed by atoms with van der Waals surface area (Å²) in [6.07, 6.45) is 2.44. The molecule has 0 amide bonds. The Morgan fingerprint density at radius 3 is 2.32 bits per heavy atom. The van der Waals surface area contributed by atoms with Crippen LogP contribution in [0.4, 0.5) is 4.39 Å². The quantitative estimate of drug-likeness (QED) is 0.850. The van der Waals surface area contributed by atoms with E-state index in [4.69, 9.17) is 5.11 Å². The minimum Gasteiger partial charge on any atom is -0.478 e. The smallest absolute Gasteiger partial charge is 0.331 e. The average molecular weight is 262 g/mol. The topological polar surface area (TPSA) is 54.4 Å². The van der Waals surface area contributed by atoms with Gasteiger partial charge in [0, 0.05) is 16.7 Å². The van der Waals surface area contributed by atoms with Crippen molar-refractivity contribution >= 4 is 11.8 Å². The number of carbonyl (C=O) groups excluding carboxylic acids is 1. The second-order valence-corrected chi connectivity index (χ2v) is 4.82. The number of rotatable bonds is 3. The van der Waals surface area contributed by atoms with Crippen LogP contribution in [-0.2, 0) is 4.79 Å². The van der Waals surface area contributed by atoms with E-state index < -0.39 is 11.8 Å². The molecule has 0 bridgehead atoms. The molecule has 0 aromatic heterocycles. The highest BCUT2D eigenvalue weighted by Crippen LogP contribution is 2.28. The van der Waals surface area contributed by atoms with Crippen molar-refractivity contribution in [3.8, 4) is 0 Å². The molecule has 19 heavy (non-hydrogen) atoms. The van der Waals surface area contributed by atoms with Crippen LogP contribution in [0.25, 0.3) is 0 Å². The molecule has 0 saturated carbocycles. The molecule has 1 N–H and O–H groups in total. The number of benzene rings is 1. The van der Waals surface area contributed by atoms with Gasteiger partial charge >= 0.3 is 5.97 Å². The summed E-state index contributed by atoms with van der Waals surface area (Å²) in [5, 5.41) is 9.13. The first kappa shape index (κ1) is 13.5. The highest BCUT2D eigenvalue weighted by atomic mass is 19.1. The molecule has 1 aromatic rings. The average Bonchev–Trinajstić information content (AvgIpc) is 2.36. The summed E-state index contributed by atoms with van der Waals surface area (Å²) in [5.41, 5.74) is 1.38. The fourth-order valence-electron chi connectivity index (χ4n) is 2.43. The summed E-state index contributed by atoms with van der Waals surface area (Å²) in [7, 11) is 0. The van der Waals surface area contributed by atoms with Crippen LogP contribution in [0.2, 0.25) is 0 Å². The van der Waals surface area contributed by atoms with Crippen LogP contribution in [0.5, 0.6) is 0 Å². The number of aliphatic carboxylic acids is 1. The second kappa shape index (κ2) is 5.34. The predicted molar refractivity (Wildman–Crippen MR) is 68.6 cm³/mol. The summed E-state index contributed by atoms with van der Waals surface area (Å²) in [5.74, 6) is -1.88. The Kier molecular flexibility index (Phi) is 3.79. The normalized spacial score (nSPS) is 15.5. The van der Waals surface area contributed by atoms with Crippen LogP contribution in [0.3, 0.4) is 0 Å². The van der Waals surface area contributed by atoms with Crippen LogP contribution in [0, 0.1) is 12.7 Å². The molecule has 3 nitrogen and oxygen atoms in total. The van der Waals surface area contributed by atoms with Crippen LogP contribution in [0.15, 0.2) is 29.3 Å². The van der Waals surface area contributed by atoms with Gasteiger partial charge in [-0.05, 0) is 56.4 Å². The summed E-state index contributed by atoms with van der Waals surface area (Å²) in [6.45, 7) is 1.70. The number of hydrogen-bond acceptors (Lipinski definition) is 2. The molecule has 0 saturated heterocycles. The lowest BCUT2D eigenvalue weighted by molar-refractivity contribution is -0.133. The maximum absolute atomic E-state index is 13.3. The maximum atomic E-state index is 13.3. The lowest BCUT2D eigenvalue weighted by Crippen LogP contribution is -2.16. The summed E-state index contributed by atoms with van der Waals surface area (Å²) in [4.78, 5) is 23.5. The highest BCUT2D eigenvalue weighted by Gasteiger charge is 2.24. The third-order valence-corrected chi connectivity index (χ3v) is 3.30. The standard InChI is InChI=1S/C15H15FO3/c1-9-6-10(8-11(16)7-9)14(17)12-4-2-3-5-13(12)15(18)19/h6-8H,2-5H2,1H3,(H,18,19). The van der Waals surface area contributed by atoms with Crippen LogP contribution >= 0.6 is 0 Å². The van der Waals surface area contributed by atoms with Crippen molar-refractivity contribution in [3.63, 3.8) is 0 Å². The number of carboxylic acids is 1. The molecule has 0 fully saturated rings. The van der Waals surface area contributed by atoms with Crippen molar-refractivity contribution < 1.29 is 19.1 Å². The van der Waals surface area contributed by atoms with Crippen molar-refractivity contribution in [1.82, 2.24) is 0 Å². The second-order valence-electron chi connectivity index (χ2n) is 4.82. The highest BCUT2D eigenvalue weighted by molar-refractivity contribution is 6.12. The first-order valence-corrected chi connectivity index (χ1v) is 6.26. The molecular formula is C15H15FO3. The van der Waals surface area contributed by atoms with Gasteiger partial charge in [-0.1, -0.05) is 0 Å². The van der Waals surface area contributed by atoms with E-state index in [2.05, 4.69) is 0 Å². The Balaban J connectivity index is 2.44. The Hall–Kier alpha value is -1.97. The molecule has 0 aliphatic heterocycles. The van der Waals surface area contributed by atoms with E-state index in [1.165, 1.54) is 6.07 Å². The van der Waals surface area contributed by atoms with E-state index >= 15 is 0 Å². The van der Waals surface area contributed by atoms with Gasteiger partial charge in [-0.3, -0.25) is 4.79 Å².